The van der Waals surface area contributed by atoms with Gasteiger partial charge in [0.2, 0.25) is 17.8 Å². The number of anilines is 2. The fourth-order valence-electron chi connectivity index (χ4n) is 5.67. The first kappa shape index (κ1) is 19.6. The number of rotatable bonds is 4. The number of aromatic nitrogens is 5. The predicted molar refractivity (Wildman–Crippen MR) is 119 cm³/mol. The van der Waals surface area contributed by atoms with Gasteiger partial charge in [0.05, 0.1) is 35.4 Å². The van der Waals surface area contributed by atoms with E-state index < -0.39 is 6.67 Å². The van der Waals surface area contributed by atoms with Crippen LogP contribution in [-0.4, -0.2) is 75.1 Å². The summed E-state index contributed by atoms with van der Waals surface area (Å²) in [5.41, 5.74) is 1.51. The highest BCUT2D eigenvalue weighted by molar-refractivity contribution is 5.77. The average molecular weight is 452 g/mol. The smallest absolute Gasteiger partial charge is 0.242 e. The average Bonchev–Trinajstić information content (AvgIpc) is 3.51. The summed E-state index contributed by atoms with van der Waals surface area (Å²) in [5, 5.41) is 0. The minimum Gasteiger partial charge on any atom is -0.371 e. The summed E-state index contributed by atoms with van der Waals surface area (Å²) in [7, 11) is 0. The summed E-state index contributed by atoms with van der Waals surface area (Å²) in [5.74, 6) is 1.95. The number of hydrogen-bond acceptors (Lipinski definition) is 8. The number of fused-ring (bicyclic) bond motifs is 5. The lowest BCUT2D eigenvalue weighted by Crippen LogP contribution is -2.45. The van der Waals surface area contributed by atoms with Gasteiger partial charge in [-0.25, -0.2) is 9.37 Å². The molecule has 0 radical (unpaired) electrons. The van der Waals surface area contributed by atoms with Crippen molar-refractivity contribution in [2.75, 3.05) is 36.0 Å². The van der Waals surface area contributed by atoms with Gasteiger partial charge in [0, 0.05) is 26.2 Å². The maximum absolute atomic E-state index is 14.0. The van der Waals surface area contributed by atoms with Gasteiger partial charge in [-0.15, -0.1) is 0 Å². The quantitative estimate of drug-likeness (QED) is 0.598. The Labute approximate surface area is 190 Å². The number of ether oxygens (including phenoxy) is 2. The van der Waals surface area contributed by atoms with Gasteiger partial charge in [-0.2, -0.15) is 15.0 Å². The molecule has 4 fully saturated rings. The zero-order valence-corrected chi connectivity index (χ0v) is 18.3. The molecule has 10 heteroatoms. The second-order valence-electron chi connectivity index (χ2n) is 9.45. The SMILES string of the molecule is FCc1nc2ccccc2n1-c1nc(N2CC3CCC(C2)O3)nc(N2CC3CCC(C2)O3)n1. The largest absolute Gasteiger partial charge is 0.371 e. The number of para-hydroxylation sites is 2. The highest BCUT2D eigenvalue weighted by Crippen LogP contribution is 2.32. The van der Waals surface area contributed by atoms with Gasteiger partial charge in [0.25, 0.3) is 0 Å². The van der Waals surface area contributed by atoms with Crippen LogP contribution in [0.5, 0.6) is 0 Å². The molecule has 172 valence electrons. The molecule has 4 aliphatic heterocycles. The van der Waals surface area contributed by atoms with E-state index in [1.165, 1.54) is 0 Å². The lowest BCUT2D eigenvalue weighted by molar-refractivity contribution is 0.0293. The van der Waals surface area contributed by atoms with Crippen LogP contribution in [-0.2, 0) is 16.1 Å². The summed E-state index contributed by atoms with van der Waals surface area (Å²) >= 11 is 0. The molecule has 4 saturated heterocycles. The Kier molecular flexibility index (Phi) is 4.51. The van der Waals surface area contributed by atoms with E-state index in [0.29, 0.717) is 23.7 Å². The summed E-state index contributed by atoms with van der Waals surface area (Å²) in [4.78, 5) is 23.5. The van der Waals surface area contributed by atoms with E-state index in [2.05, 4.69) is 14.8 Å². The number of benzene rings is 1. The van der Waals surface area contributed by atoms with Gasteiger partial charge in [0.1, 0.15) is 12.5 Å². The third-order valence-corrected chi connectivity index (χ3v) is 7.20. The van der Waals surface area contributed by atoms with Gasteiger partial charge >= 0.3 is 0 Å². The minimum absolute atomic E-state index is 0.210. The Balaban J connectivity index is 1.36. The summed E-state index contributed by atoms with van der Waals surface area (Å²) in [6, 6.07) is 7.63. The van der Waals surface area contributed by atoms with Crippen LogP contribution in [0.25, 0.3) is 17.0 Å². The lowest BCUT2D eigenvalue weighted by Gasteiger charge is -2.34. The molecular formula is C23H26FN7O2. The van der Waals surface area contributed by atoms with Crippen LogP contribution in [0, 0.1) is 0 Å². The van der Waals surface area contributed by atoms with Crippen molar-refractivity contribution in [3.63, 3.8) is 0 Å². The molecule has 0 aliphatic carbocycles. The molecule has 9 nitrogen and oxygen atoms in total. The summed E-state index contributed by atoms with van der Waals surface area (Å²) in [6.45, 7) is 2.33. The number of hydrogen-bond donors (Lipinski definition) is 0. The number of alkyl halides is 1. The monoisotopic (exact) mass is 451 g/mol. The standard InChI is InChI=1S/C23H26FN7O2/c24-9-20-25-18-3-1-2-4-19(18)31(20)23-27-21(29-10-14-5-6-15(11-29)32-14)26-22(28-23)30-12-16-7-8-17(13-30)33-16/h1-4,14-17H,5-13H2. The Hall–Kier alpha value is -2.85. The van der Waals surface area contributed by atoms with Crippen LogP contribution in [0.3, 0.4) is 0 Å². The Morgan fingerprint density at radius 1 is 0.727 bits per heavy atom. The van der Waals surface area contributed by atoms with Crippen LogP contribution in [0.15, 0.2) is 24.3 Å². The van der Waals surface area contributed by atoms with Crippen molar-refractivity contribution in [3.05, 3.63) is 30.1 Å². The Bertz CT molecular complexity index is 1130. The number of morpholine rings is 2. The normalized spacial score (nSPS) is 28.8. The van der Waals surface area contributed by atoms with E-state index >= 15 is 0 Å². The van der Waals surface area contributed by atoms with Crippen molar-refractivity contribution in [1.82, 2.24) is 24.5 Å². The molecule has 0 spiro atoms. The van der Waals surface area contributed by atoms with Crippen molar-refractivity contribution >= 4 is 22.9 Å². The first-order valence-electron chi connectivity index (χ1n) is 11.8. The Morgan fingerprint density at radius 3 is 1.79 bits per heavy atom. The van der Waals surface area contributed by atoms with E-state index in [9.17, 15) is 4.39 Å². The third-order valence-electron chi connectivity index (χ3n) is 7.20. The third kappa shape index (κ3) is 3.34. The second kappa shape index (κ2) is 7.59. The fourth-order valence-corrected chi connectivity index (χ4v) is 5.67. The molecule has 1 aromatic carbocycles. The summed E-state index contributed by atoms with van der Waals surface area (Å²) in [6.07, 6.45) is 5.11. The zero-order valence-electron chi connectivity index (χ0n) is 18.3. The minimum atomic E-state index is -0.700. The van der Waals surface area contributed by atoms with Crippen molar-refractivity contribution < 1.29 is 13.9 Å². The van der Waals surface area contributed by atoms with Crippen LogP contribution < -0.4 is 9.80 Å². The molecule has 4 aliphatic rings. The number of halogens is 1. The fraction of sp³-hybridized carbons (Fsp3) is 0.565. The van der Waals surface area contributed by atoms with Gasteiger partial charge in [-0.05, 0) is 37.8 Å². The van der Waals surface area contributed by atoms with Crippen molar-refractivity contribution in [3.8, 4) is 5.95 Å². The number of imidazole rings is 1. The first-order chi connectivity index (χ1) is 16.2. The van der Waals surface area contributed by atoms with Crippen molar-refractivity contribution in [1.29, 1.82) is 0 Å². The maximum Gasteiger partial charge on any atom is 0.242 e. The van der Waals surface area contributed by atoms with E-state index in [4.69, 9.17) is 24.4 Å². The van der Waals surface area contributed by atoms with E-state index in [0.717, 1.165) is 62.9 Å². The Morgan fingerprint density at radius 2 is 1.24 bits per heavy atom. The molecule has 4 unspecified atom stereocenters. The van der Waals surface area contributed by atoms with Crippen LogP contribution >= 0.6 is 0 Å². The molecule has 0 amide bonds. The molecule has 0 N–H and O–H groups in total. The molecule has 4 atom stereocenters. The van der Waals surface area contributed by atoms with Crippen LogP contribution in [0.1, 0.15) is 31.5 Å². The molecule has 6 heterocycles. The molecule has 3 aromatic rings. The molecular weight excluding hydrogens is 425 g/mol. The molecule has 0 saturated carbocycles. The molecule has 33 heavy (non-hydrogen) atoms. The van der Waals surface area contributed by atoms with Crippen molar-refractivity contribution in [2.45, 2.75) is 56.8 Å². The van der Waals surface area contributed by atoms with Crippen molar-refractivity contribution in [2.24, 2.45) is 0 Å². The number of nitrogens with zero attached hydrogens (tertiary/aromatic N) is 7. The highest BCUT2D eigenvalue weighted by atomic mass is 19.1. The summed E-state index contributed by atoms with van der Waals surface area (Å²) < 4.78 is 27.8. The van der Waals surface area contributed by atoms with E-state index in [1.807, 2.05) is 24.3 Å². The molecule has 2 aromatic heterocycles. The lowest BCUT2D eigenvalue weighted by atomic mass is 10.2. The topological polar surface area (TPSA) is 81.4 Å². The zero-order chi connectivity index (χ0) is 21.9. The predicted octanol–water partition coefficient (Wildman–Crippen LogP) is 2.42. The first-order valence-corrected chi connectivity index (χ1v) is 11.8. The van der Waals surface area contributed by atoms with Crippen LogP contribution in [0.4, 0.5) is 16.3 Å². The van der Waals surface area contributed by atoms with E-state index in [1.54, 1.807) is 4.57 Å². The molecule has 4 bridgehead atoms. The van der Waals surface area contributed by atoms with Gasteiger partial charge in [0.15, 0.2) is 0 Å². The van der Waals surface area contributed by atoms with Gasteiger partial charge < -0.3 is 19.3 Å². The maximum atomic E-state index is 14.0. The van der Waals surface area contributed by atoms with Crippen LogP contribution in [0.2, 0.25) is 0 Å². The second-order valence-corrected chi connectivity index (χ2v) is 9.45. The van der Waals surface area contributed by atoms with Gasteiger partial charge in [-0.1, -0.05) is 12.1 Å². The molecule has 7 rings (SSSR count). The van der Waals surface area contributed by atoms with E-state index in [-0.39, 0.29) is 24.4 Å². The highest BCUT2D eigenvalue weighted by Gasteiger charge is 2.37. The van der Waals surface area contributed by atoms with Gasteiger partial charge in [-0.3, -0.25) is 4.57 Å².